The van der Waals surface area contributed by atoms with E-state index >= 15 is 0 Å². The van der Waals surface area contributed by atoms with E-state index in [1.165, 1.54) is 10.9 Å². The number of aromatic amines is 1. The van der Waals surface area contributed by atoms with E-state index in [4.69, 9.17) is 44.9 Å². The number of nitrogens with one attached hydrogen (secondary N) is 1. The number of aliphatic hydroxyl groups excluding tert-OH is 2. The molecular formula is C20H24ClN9O13P2+2. The summed E-state index contributed by atoms with van der Waals surface area (Å²) in [6.07, 6.45) is -8.60. The number of anilines is 1. The van der Waals surface area contributed by atoms with Crippen LogP contribution in [0.5, 0.6) is 0 Å². The second-order valence-corrected chi connectivity index (χ2v) is 13.3. The number of nitrogen functional groups attached to an aromatic ring is 1. The molecule has 3 aliphatic heterocycles. The summed E-state index contributed by atoms with van der Waals surface area (Å²) in [6.45, 7) is -1.48. The van der Waals surface area contributed by atoms with Gasteiger partial charge in [0.15, 0.2) is 46.6 Å². The van der Waals surface area contributed by atoms with Crippen LogP contribution >= 0.6 is 27.9 Å². The summed E-state index contributed by atoms with van der Waals surface area (Å²) in [6, 6.07) is 0. The first-order valence-electron chi connectivity index (χ1n) is 12.9. The van der Waals surface area contributed by atoms with Crippen molar-refractivity contribution in [3.05, 3.63) is 34.5 Å². The molecule has 7 rings (SSSR count). The number of rotatable bonds is 2. The van der Waals surface area contributed by atoms with Gasteiger partial charge in [0.2, 0.25) is 5.95 Å². The van der Waals surface area contributed by atoms with Gasteiger partial charge in [-0.15, -0.1) is 9.05 Å². The number of aliphatic hydroxyl groups is 2. The molecule has 4 aromatic rings. The Kier molecular flexibility index (Phi) is 7.76. The Hall–Kier alpha value is -2.63. The maximum Gasteiger partial charge on any atom is 0.570 e. The molecule has 45 heavy (non-hydrogen) atoms. The lowest BCUT2D eigenvalue weighted by Gasteiger charge is -2.23. The van der Waals surface area contributed by atoms with Crippen LogP contribution in [0.4, 0.5) is 5.95 Å². The summed E-state index contributed by atoms with van der Waals surface area (Å²) in [5.74, 6) is -0.264. The summed E-state index contributed by atoms with van der Waals surface area (Å²) in [5.41, 5.74) is 5.09. The Morgan fingerprint density at radius 3 is 2.20 bits per heavy atom. The molecule has 2 bridgehead atoms. The van der Waals surface area contributed by atoms with Gasteiger partial charge in [-0.3, -0.25) is 18.9 Å². The monoisotopic (exact) mass is 695 g/mol. The van der Waals surface area contributed by atoms with E-state index in [0.29, 0.717) is 0 Å². The third kappa shape index (κ3) is 5.56. The number of fused-ring (bicyclic) bond motifs is 5. The van der Waals surface area contributed by atoms with E-state index < -0.39 is 84.2 Å². The zero-order valence-corrected chi connectivity index (χ0v) is 24.8. The van der Waals surface area contributed by atoms with Gasteiger partial charge in [-0.25, -0.2) is 19.9 Å². The fourth-order valence-corrected chi connectivity index (χ4v) is 7.37. The van der Waals surface area contributed by atoms with Crippen LogP contribution in [0.2, 0.25) is 5.15 Å². The Bertz CT molecular complexity index is 1810. The highest BCUT2D eigenvalue weighted by Crippen LogP contribution is 2.60. The van der Waals surface area contributed by atoms with Crippen LogP contribution < -0.4 is 11.3 Å². The molecule has 25 heteroatoms. The van der Waals surface area contributed by atoms with Crippen LogP contribution in [0, 0.1) is 0 Å². The molecule has 0 unspecified atom stereocenters. The molecule has 0 saturated carbocycles. The fourth-order valence-electron chi connectivity index (χ4n) is 5.27. The highest BCUT2D eigenvalue weighted by Gasteiger charge is 2.60. The molecule has 242 valence electrons. The minimum atomic E-state index is -4.85. The van der Waals surface area contributed by atoms with Crippen LogP contribution in [0.15, 0.2) is 23.8 Å². The van der Waals surface area contributed by atoms with Gasteiger partial charge < -0.3 is 25.4 Å². The smallest absolute Gasteiger partial charge is 0.387 e. The Balaban J connectivity index is 1.20. The minimum Gasteiger partial charge on any atom is -0.387 e. The molecule has 3 fully saturated rings. The van der Waals surface area contributed by atoms with Gasteiger partial charge in [-0.2, -0.15) is 33.6 Å². The van der Waals surface area contributed by atoms with Crippen molar-refractivity contribution in [2.75, 3.05) is 18.9 Å². The molecule has 0 radical (unpaired) electrons. The second kappa shape index (κ2) is 11.3. The SMILES string of the molecule is Nc1nc2c(ncn2[C@@H]2O[C@@H]3CO[P+](O)(O)O[C@H]4[C@@H](O)[C@H](n5cnc6c(Cl)ncnc65)O[C@@H]4CO[P+](O)(O)O[C@@H]2[C@@H]3O)c(=O)[nH]1. The van der Waals surface area contributed by atoms with E-state index in [2.05, 4.69) is 29.9 Å². The maximum absolute atomic E-state index is 12.3. The first-order valence-corrected chi connectivity index (χ1v) is 16.3. The van der Waals surface area contributed by atoms with Gasteiger partial charge >= 0.3 is 16.3 Å². The predicted octanol–water partition coefficient (Wildman–Crippen LogP) is -2.15. The number of hydrogen-bond acceptors (Lipinski definition) is 19. The average molecular weight is 696 g/mol. The molecule has 9 N–H and O–H groups in total. The van der Waals surface area contributed by atoms with Crippen molar-refractivity contribution in [1.82, 2.24) is 39.0 Å². The number of nitrogens with two attached hydrogens (primary N) is 1. The van der Waals surface area contributed by atoms with E-state index in [9.17, 15) is 34.6 Å². The number of H-pyrrole nitrogens is 1. The lowest BCUT2D eigenvalue weighted by molar-refractivity contribution is -0.0744. The molecule has 0 aliphatic carbocycles. The van der Waals surface area contributed by atoms with E-state index in [-0.39, 0.29) is 33.4 Å². The van der Waals surface area contributed by atoms with Gasteiger partial charge in [-0.1, -0.05) is 11.6 Å². The van der Waals surface area contributed by atoms with E-state index in [1.807, 2.05) is 0 Å². The Labute approximate surface area is 255 Å². The molecule has 8 atom stereocenters. The molecule has 0 aromatic carbocycles. The third-order valence-corrected chi connectivity index (χ3v) is 9.55. The number of imidazole rings is 2. The molecular weight excluding hydrogens is 672 g/mol. The van der Waals surface area contributed by atoms with Crippen LogP contribution in [0.3, 0.4) is 0 Å². The van der Waals surface area contributed by atoms with Crippen molar-refractivity contribution < 1.29 is 57.4 Å². The zero-order valence-electron chi connectivity index (χ0n) is 22.3. The standard InChI is InChI=1S/C20H23ClN9O13P2/c21-14-8-15(24-3-23-14)29(4-25-8)18-11(32)12-7(41-18)2-39-45(36,37)43-13-10(31)6(1-38-44(34,35)42-12)40-19(13)30-5-26-9-16(30)27-20(22)28-17(9)33/h3-7,10-13,18-19,31-32,34-37H,1-2H2,(H2-,22,27,28,33)/q+1/p+1/t6-,7-,10-,11-,12-,13-,18-,19-/m1/s1. The van der Waals surface area contributed by atoms with Gasteiger partial charge in [0, 0.05) is 0 Å². The summed E-state index contributed by atoms with van der Waals surface area (Å²) in [7, 11) is -9.65. The highest BCUT2D eigenvalue weighted by molar-refractivity contribution is 7.54. The molecule has 0 spiro atoms. The number of nitrogens with zero attached hydrogens (tertiary/aromatic N) is 7. The van der Waals surface area contributed by atoms with Gasteiger partial charge in [0.1, 0.15) is 49.5 Å². The van der Waals surface area contributed by atoms with Crippen LogP contribution in [0.25, 0.3) is 22.3 Å². The first kappa shape index (κ1) is 31.0. The predicted molar refractivity (Wildman–Crippen MR) is 147 cm³/mol. The maximum atomic E-state index is 12.3. The van der Waals surface area contributed by atoms with Gasteiger partial charge in [-0.05, 0) is 0 Å². The minimum absolute atomic E-state index is 0.0248. The molecule has 0 amide bonds. The molecule has 22 nitrogen and oxygen atoms in total. The zero-order chi connectivity index (χ0) is 31.8. The molecule has 7 heterocycles. The van der Waals surface area contributed by atoms with Gasteiger partial charge in [0.05, 0.1) is 12.7 Å². The molecule has 3 saturated heterocycles. The lowest BCUT2D eigenvalue weighted by atomic mass is 10.1. The Morgan fingerprint density at radius 1 is 0.844 bits per heavy atom. The quantitative estimate of drug-likeness (QED) is 0.0818. The molecule has 3 aliphatic rings. The summed E-state index contributed by atoms with van der Waals surface area (Å²) >= 11 is 6.08. The lowest BCUT2D eigenvalue weighted by Crippen LogP contribution is -2.37. The molecule has 4 aromatic heterocycles. The van der Waals surface area contributed by atoms with Crippen LogP contribution in [-0.4, -0.2) is 119 Å². The van der Waals surface area contributed by atoms with Gasteiger partial charge in [0.25, 0.3) is 5.56 Å². The van der Waals surface area contributed by atoms with Crippen molar-refractivity contribution in [2.24, 2.45) is 0 Å². The number of ether oxygens (including phenoxy) is 2. The van der Waals surface area contributed by atoms with Crippen LogP contribution in [0.1, 0.15) is 12.5 Å². The average Bonchev–Trinajstić information content (AvgIpc) is 3.72. The van der Waals surface area contributed by atoms with Crippen molar-refractivity contribution >= 4 is 56.2 Å². The summed E-state index contributed by atoms with van der Waals surface area (Å²) in [4.78, 5) is 77.7. The third-order valence-electron chi connectivity index (χ3n) is 7.27. The number of halogens is 1. The topological polar surface area (TPSA) is 310 Å². The fraction of sp³-hybridized carbons (Fsp3) is 0.500. The summed E-state index contributed by atoms with van der Waals surface area (Å²) in [5, 5.41) is 22.2. The van der Waals surface area contributed by atoms with Crippen molar-refractivity contribution in [3.8, 4) is 0 Å². The number of hydrogen-bond donors (Lipinski definition) is 8. The Morgan fingerprint density at radius 2 is 1.47 bits per heavy atom. The van der Waals surface area contributed by atoms with E-state index in [0.717, 1.165) is 17.2 Å². The first-order chi connectivity index (χ1) is 21.3. The van der Waals surface area contributed by atoms with Crippen LogP contribution in [-0.2, 0) is 27.6 Å². The van der Waals surface area contributed by atoms with Crippen molar-refractivity contribution in [2.45, 2.75) is 49.1 Å². The highest BCUT2D eigenvalue weighted by atomic mass is 35.5. The van der Waals surface area contributed by atoms with Crippen molar-refractivity contribution in [1.29, 1.82) is 0 Å². The summed E-state index contributed by atoms with van der Waals surface area (Å²) < 4.78 is 35.5. The second-order valence-electron chi connectivity index (χ2n) is 10.1. The number of aromatic nitrogens is 8. The van der Waals surface area contributed by atoms with Crippen molar-refractivity contribution in [3.63, 3.8) is 0 Å². The van der Waals surface area contributed by atoms with E-state index in [1.54, 1.807) is 0 Å². The normalized spacial score (nSPS) is 33.5. The largest absolute Gasteiger partial charge is 0.570 e.